The number of nitrogens with two attached hydrogens (primary N) is 1. The average Bonchev–Trinajstić information content (AvgIpc) is 2.16. The second kappa shape index (κ2) is 5.61. The van der Waals surface area contributed by atoms with E-state index in [1.54, 1.807) is 14.2 Å². The molecule has 0 aromatic rings. The zero-order valence-electron chi connectivity index (χ0n) is 10.3. The molecule has 1 saturated carbocycles. The maximum atomic E-state index is 11.7. The van der Waals surface area contributed by atoms with Gasteiger partial charge in [0.15, 0.2) is 6.29 Å². The van der Waals surface area contributed by atoms with Crippen molar-refractivity contribution in [1.82, 2.24) is 5.32 Å². The minimum atomic E-state index is -0.418. The monoisotopic (exact) mass is 230 g/mol. The van der Waals surface area contributed by atoms with Crippen LogP contribution in [-0.4, -0.2) is 38.0 Å². The Balaban J connectivity index is 2.32. The van der Waals surface area contributed by atoms with Crippen molar-refractivity contribution >= 4 is 5.91 Å². The van der Waals surface area contributed by atoms with E-state index in [2.05, 4.69) is 5.32 Å². The Hall–Kier alpha value is -0.650. The van der Waals surface area contributed by atoms with Crippen LogP contribution in [0.5, 0.6) is 0 Å². The Bertz CT molecular complexity index is 237. The summed E-state index contributed by atoms with van der Waals surface area (Å²) in [5, 5.41) is 2.84. The van der Waals surface area contributed by atoms with E-state index >= 15 is 0 Å². The molecular formula is C11H22N2O3. The minimum Gasteiger partial charge on any atom is -0.354 e. The molecule has 0 spiro atoms. The van der Waals surface area contributed by atoms with Crippen LogP contribution in [0, 0.1) is 0 Å². The first-order chi connectivity index (χ1) is 7.50. The first-order valence-electron chi connectivity index (χ1n) is 5.64. The topological polar surface area (TPSA) is 73.6 Å². The highest BCUT2D eigenvalue weighted by Crippen LogP contribution is 2.31. The molecule has 0 aliphatic heterocycles. The number of rotatable bonds is 6. The highest BCUT2D eigenvalue weighted by Gasteiger charge is 2.35. The van der Waals surface area contributed by atoms with E-state index in [4.69, 9.17) is 15.2 Å². The average molecular weight is 230 g/mol. The summed E-state index contributed by atoms with van der Waals surface area (Å²) in [5.74, 6) is -0.0335. The number of carbonyl (C=O) groups excluding carboxylic acids is 1. The largest absolute Gasteiger partial charge is 0.354 e. The minimum absolute atomic E-state index is 0.0335. The van der Waals surface area contributed by atoms with Crippen molar-refractivity contribution < 1.29 is 14.3 Å². The van der Waals surface area contributed by atoms with E-state index in [1.807, 2.05) is 6.92 Å². The van der Waals surface area contributed by atoms with Crippen LogP contribution >= 0.6 is 0 Å². The quantitative estimate of drug-likeness (QED) is 0.647. The maximum absolute atomic E-state index is 11.7. The van der Waals surface area contributed by atoms with Crippen molar-refractivity contribution in [2.24, 2.45) is 5.73 Å². The number of hydrogen-bond donors (Lipinski definition) is 2. The molecule has 5 nitrogen and oxygen atoms in total. The van der Waals surface area contributed by atoms with Gasteiger partial charge in [0, 0.05) is 26.2 Å². The van der Waals surface area contributed by atoms with Gasteiger partial charge in [-0.1, -0.05) is 0 Å². The predicted octanol–water partition coefficient (Wildman–Crippen LogP) is 0.382. The molecule has 0 bridgehead atoms. The molecule has 1 amide bonds. The van der Waals surface area contributed by atoms with E-state index in [0.717, 1.165) is 19.3 Å². The zero-order valence-corrected chi connectivity index (χ0v) is 10.3. The van der Waals surface area contributed by atoms with Crippen molar-refractivity contribution in [3.63, 3.8) is 0 Å². The third-order valence-corrected chi connectivity index (χ3v) is 3.12. The Morgan fingerprint density at radius 2 is 2.00 bits per heavy atom. The molecule has 0 heterocycles. The zero-order chi connectivity index (χ0) is 12.2. The summed E-state index contributed by atoms with van der Waals surface area (Å²) < 4.78 is 10.1. The van der Waals surface area contributed by atoms with Crippen LogP contribution in [0.25, 0.3) is 0 Å². The lowest BCUT2D eigenvalue weighted by atomic mass is 9.75. The fourth-order valence-electron chi connectivity index (χ4n) is 2.00. The van der Waals surface area contributed by atoms with Gasteiger partial charge in [0.2, 0.25) is 5.91 Å². The Labute approximate surface area is 96.7 Å². The summed E-state index contributed by atoms with van der Waals surface area (Å²) >= 11 is 0. The summed E-state index contributed by atoms with van der Waals surface area (Å²) in [5.41, 5.74) is 5.72. The standard InChI is InChI=1S/C11H22N2O3/c1-8(10(15-2)16-3)13-9(14)7-11(12)5-4-6-11/h8,10H,4-7,12H2,1-3H3,(H,13,14). The van der Waals surface area contributed by atoms with Crippen molar-refractivity contribution in [2.45, 2.75) is 50.5 Å². The van der Waals surface area contributed by atoms with Crippen molar-refractivity contribution in [2.75, 3.05) is 14.2 Å². The SMILES string of the molecule is COC(OC)C(C)NC(=O)CC1(N)CCC1. The molecule has 0 aromatic heterocycles. The van der Waals surface area contributed by atoms with Crippen LogP contribution in [0.2, 0.25) is 0 Å². The summed E-state index contributed by atoms with van der Waals surface area (Å²) in [7, 11) is 3.10. The molecule has 1 aliphatic rings. The van der Waals surface area contributed by atoms with Crippen molar-refractivity contribution in [3.8, 4) is 0 Å². The van der Waals surface area contributed by atoms with Gasteiger partial charge in [-0.25, -0.2) is 0 Å². The van der Waals surface area contributed by atoms with Gasteiger partial charge < -0.3 is 20.5 Å². The third kappa shape index (κ3) is 3.43. The smallest absolute Gasteiger partial charge is 0.222 e. The van der Waals surface area contributed by atoms with E-state index in [1.165, 1.54) is 0 Å². The number of ether oxygens (including phenoxy) is 2. The summed E-state index contributed by atoms with van der Waals surface area (Å²) in [6.45, 7) is 1.85. The molecular weight excluding hydrogens is 208 g/mol. The first-order valence-corrected chi connectivity index (χ1v) is 5.64. The van der Waals surface area contributed by atoms with Crippen LogP contribution in [0.4, 0.5) is 0 Å². The van der Waals surface area contributed by atoms with E-state index in [0.29, 0.717) is 6.42 Å². The second-order valence-corrected chi connectivity index (χ2v) is 4.59. The Kier molecular flexibility index (Phi) is 4.70. The number of methoxy groups -OCH3 is 2. The number of nitrogens with one attached hydrogen (secondary N) is 1. The highest BCUT2D eigenvalue weighted by atomic mass is 16.7. The van der Waals surface area contributed by atoms with Gasteiger partial charge in [0.05, 0.1) is 6.04 Å². The van der Waals surface area contributed by atoms with Crippen molar-refractivity contribution in [1.29, 1.82) is 0 Å². The van der Waals surface area contributed by atoms with Gasteiger partial charge in [-0.3, -0.25) is 4.79 Å². The number of hydrogen-bond acceptors (Lipinski definition) is 4. The summed E-state index contributed by atoms with van der Waals surface area (Å²) in [6, 6.07) is -0.175. The van der Waals surface area contributed by atoms with Gasteiger partial charge in [0.1, 0.15) is 0 Å². The first kappa shape index (κ1) is 13.4. The van der Waals surface area contributed by atoms with Gasteiger partial charge in [-0.2, -0.15) is 0 Å². The lowest BCUT2D eigenvalue weighted by Crippen LogP contribution is -2.52. The van der Waals surface area contributed by atoms with E-state index in [-0.39, 0.29) is 17.5 Å². The molecule has 94 valence electrons. The summed E-state index contributed by atoms with van der Waals surface area (Å²) in [6.07, 6.45) is 2.97. The van der Waals surface area contributed by atoms with E-state index < -0.39 is 6.29 Å². The molecule has 0 radical (unpaired) electrons. The Morgan fingerprint density at radius 1 is 1.44 bits per heavy atom. The second-order valence-electron chi connectivity index (χ2n) is 4.59. The van der Waals surface area contributed by atoms with Gasteiger partial charge >= 0.3 is 0 Å². The molecule has 1 unspecified atom stereocenters. The molecule has 1 rings (SSSR count). The molecule has 0 aromatic carbocycles. The molecule has 1 fully saturated rings. The van der Waals surface area contributed by atoms with Crippen LogP contribution in [0.3, 0.4) is 0 Å². The van der Waals surface area contributed by atoms with Crippen LogP contribution in [0.15, 0.2) is 0 Å². The van der Waals surface area contributed by atoms with Crippen molar-refractivity contribution in [3.05, 3.63) is 0 Å². The fraction of sp³-hybridized carbons (Fsp3) is 0.909. The van der Waals surface area contributed by atoms with E-state index in [9.17, 15) is 4.79 Å². The maximum Gasteiger partial charge on any atom is 0.222 e. The lowest BCUT2D eigenvalue weighted by Gasteiger charge is -2.37. The molecule has 0 saturated heterocycles. The number of amides is 1. The van der Waals surface area contributed by atoms with Crippen LogP contribution in [0.1, 0.15) is 32.6 Å². The van der Waals surface area contributed by atoms with Crippen LogP contribution in [-0.2, 0) is 14.3 Å². The van der Waals surface area contributed by atoms with Gasteiger partial charge in [0.25, 0.3) is 0 Å². The molecule has 1 atom stereocenters. The third-order valence-electron chi connectivity index (χ3n) is 3.12. The highest BCUT2D eigenvalue weighted by molar-refractivity contribution is 5.77. The lowest BCUT2D eigenvalue weighted by molar-refractivity contribution is -0.137. The normalized spacial score (nSPS) is 20.3. The fourth-order valence-corrected chi connectivity index (χ4v) is 2.00. The van der Waals surface area contributed by atoms with Gasteiger partial charge in [-0.15, -0.1) is 0 Å². The molecule has 5 heteroatoms. The molecule has 3 N–H and O–H groups in total. The number of carbonyl (C=O) groups is 1. The molecule has 16 heavy (non-hydrogen) atoms. The van der Waals surface area contributed by atoms with Crippen LogP contribution < -0.4 is 11.1 Å². The molecule has 1 aliphatic carbocycles. The Morgan fingerprint density at radius 3 is 2.38 bits per heavy atom. The summed E-state index contributed by atoms with van der Waals surface area (Å²) in [4.78, 5) is 11.7. The van der Waals surface area contributed by atoms with Gasteiger partial charge in [-0.05, 0) is 26.2 Å². The predicted molar refractivity (Wildman–Crippen MR) is 60.8 cm³/mol.